The molecule has 182 valence electrons. The molecule has 8 nitrogen and oxygen atoms in total. The third-order valence-corrected chi connectivity index (χ3v) is 6.19. The molecule has 0 saturated carbocycles. The summed E-state index contributed by atoms with van der Waals surface area (Å²) in [5.74, 6) is 0.596. The number of carbonyl (C=O) groups excluding carboxylic acids is 1. The van der Waals surface area contributed by atoms with Crippen LogP contribution in [0.1, 0.15) is 33.5 Å². The van der Waals surface area contributed by atoms with Crippen LogP contribution in [0.2, 0.25) is 5.02 Å². The van der Waals surface area contributed by atoms with E-state index in [4.69, 9.17) is 16.0 Å². The molecule has 5 rings (SSSR count). The van der Waals surface area contributed by atoms with Gasteiger partial charge in [-0.2, -0.15) is 0 Å². The van der Waals surface area contributed by atoms with Crippen LogP contribution in [0.3, 0.4) is 0 Å². The fraction of sp³-hybridized carbons (Fsp3) is 0.250. The van der Waals surface area contributed by atoms with Crippen molar-refractivity contribution in [3.05, 3.63) is 100 Å². The van der Waals surface area contributed by atoms with Gasteiger partial charge in [0, 0.05) is 31.2 Å². The molecule has 0 bridgehead atoms. The molecule has 2 aromatic heterocycles. The lowest BCUT2D eigenvalue weighted by molar-refractivity contribution is 0.0559. The maximum Gasteiger partial charge on any atom is 0.289 e. The largest absolute Gasteiger partial charge is 0.459 e. The Hall–Kier alpha value is -3.27. The Morgan fingerprint density at radius 2 is 1.74 bits per heavy atom. The van der Waals surface area contributed by atoms with Crippen LogP contribution in [0.15, 0.2) is 71.3 Å². The molecule has 0 aliphatic carbocycles. The Kier molecular flexibility index (Phi) is 7.80. The number of piperazine rings is 1. The molecule has 1 fully saturated rings. The van der Waals surface area contributed by atoms with Gasteiger partial charge in [-0.3, -0.25) is 9.69 Å². The predicted molar refractivity (Wildman–Crippen MR) is 130 cm³/mol. The Balaban J connectivity index is 0.00000289. The van der Waals surface area contributed by atoms with Gasteiger partial charge in [0.05, 0.1) is 18.8 Å². The van der Waals surface area contributed by atoms with Crippen LogP contribution in [0.25, 0.3) is 0 Å². The highest BCUT2D eigenvalue weighted by Gasteiger charge is 2.32. The van der Waals surface area contributed by atoms with Crippen molar-refractivity contribution in [3.63, 3.8) is 0 Å². The molecule has 2 aromatic carbocycles. The molecule has 0 spiro atoms. The number of nitrogens with zero attached hydrogens (tertiary/aromatic N) is 6. The number of aromatic nitrogens is 4. The summed E-state index contributed by atoms with van der Waals surface area (Å²) in [7, 11) is 0. The summed E-state index contributed by atoms with van der Waals surface area (Å²) in [5.41, 5.74) is 1.88. The monoisotopic (exact) mass is 516 g/mol. The van der Waals surface area contributed by atoms with E-state index in [1.807, 2.05) is 24.3 Å². The van der Waals surface area contributed by atoms with Crippen LogP contribution < -0.4 is 0 Å². The van der Waals surface area contributed by atoms with Gasteiger partial charge in [-0.1, -0.05) is 35.9 Å². The molecule has 1 amide bonds. The average Bonchev–Trinajstić information content (AvgIpc) is 3.55. The molecular formula is C24H23Cl2FN6O2. The fourth-order valence-corrected chi connectivity index (χ4v) is 4.32. The summed E-state index contributed by atoms with van der Waals surface area (Å²) in [5, 5.41) is 13.1. The number of hydrogen-bond donors (Lipinski definition) is 0. The number of hydrogen-bond acceptors (Lipinski definition) is 6. The average molecular weight is 517 g/mol. The van der Waals surface area contributed by atoms with E-state index < -0.39 is 0 Å². The van der Waals surface area contributed by atoms with E-state index in [9.17, 15) is 9.18 Å². The van der Waals surface area contributed by atoms with Crippen molar-refractivity contribution in [3.8, 4) is 0 Å². The normalized spacial score (nSPS) is 15.0. The third-order valence-electron chi connectivity index (χ3n) is 5.93. The molecular weight excluding hydrogens is 494 g/mol. The first-order valence-electron chi connectivity index (χ1n) is 10.9. The highest BCUT2D eigenvalue weighted by Crippen LogP contribution is 2.29. The van der Waals surface area contributed by atoms with Crippen LogP contribution in [-0.2, 0) is 6.54 Å². The van der Waals surface area contributed by atoms with Gasteiger partial charge in [-0.15, -0.1) is 17.5 Å². The lowest BCUT2D eigenvalue weighted by Crippen LogP contribution is -2.50. The Morgan fingerprint density at radius 3 is 2.40 bits per heavy atom. The molecule has 1 saturated heterocycles. The van der Waals surface area contributed by atoms with Gasteiger partial charge < -0.3 is 9.32 Å². The molecule has 3 heterocycles. The standard InChI is InChI=1S/C24H22ClFN6O2.ClH/c25-19-7-5-18(6-8-19)22(23-27-28-29-32(23)16-17-3-9-20(26)10-4-17)30-11-13-31(14-12-30)24(33)21-2-1-15-34-21;/h1-10,15,22H,11-14,16H2;1H. The van der Waals surface area contributed by atoms with Crippen molar-refractivity contribution >= 4 is 29.9 Å². The van der Waals surface area contributed by atoms with Gasteiger partial charge in [0.25, 0.3) is 5.91 Å². The number of benzene rings is 2. The molecule has 4 aromatic rings. The number of rotatable bonds is 6. The first-order valence-corrected chi connectivity index (χ1v) is 11.3. The SMILES string of the molecule is Cl.O=C(c1ccco1)N1CCN(C(c2ccc(Cl)cc2)c2nnnn2Cc2ccc(F)cc2)CC1. The second-order valence-corrected chi connectivity index (χ2v) is 8.52. The lowest BCUT2D eigenvalue weighted by Gasteiger charge is -2.38. The molecule has 1 atom stereocenters. The first kappa shape index (κ1) is 24.8. The summed E-state index contributed by atoms with van der Waals surface area (Å²) >= 11 is 6.14. The van der Waals surface area contributed by atoms with Crippen LogP contribution in [0.4, 0.5) is 4.39 Å². The number of tetrazole rings is 1. The van der Waals surface area contributed by atoms with Crippen LogP contribution in [0.5, 0.6) is 0 Å². The number of halogens is 3. The summed E-state index contributed by atoms with van der Waals surface area (Å²) in [6, 6.07) is 17.0. The summed E-state index contributed by atoms with van der Waals surface area (Å²) < 4.78 is 20.4. The molecule has 0 N–H and O–H groups in total. The van der Waals surface area contributed by atoms with Gasteiger partial charge in [-0.25, -0.2) is 9.07 Å². The fourth-order valence-electron chi connectivity index (χ4n) is 4.19. The maximum atomic E-state index is 13.3. The van der Waals surface area contributed by atoms with Crippen LogP contribution in [-0.4, -0.2) is 62.1 Å². The Bertz CT molecular complexity index is 1240. The molecule has 1 aliphatic heterocycles. The van der Waals surface area contributed by atoms with Crippen molar-refractivity contribution in [2.24, 2.45) is 0 Å². The molecule has 1 unspecified atom stereocenters. The predicted octanol–water partition coefficient (Wildman–Crippen LogP) is 4.08. The molecule has 11 heteroatoms. The van der Waals surface area contributed by atoms with Gasteiger partial charge >= 0.3 is 0 Å². The van der Waals surface area contributed by atoms with Gasteiger partial charge in [0.15, 0.2) is 11.6 Å². The zero-order valence-electron chi connectivity index (χ0n) is 18.6. The maximum absolute atomic E-state index is 13.3. The van der Waals surface area contributed by atoms with E-state index in [0.29, 0.717) is 49.3 Å². The van der Waals surface area contributed by atoms with E-state index in [-0.39, 0.29) is 30.2 Å². The summed E-state index contributed by atoms with van der Waals surface area (Å²) in [4.78, 5) is 16.7. The van der Waals surface area contributed by atoms with Gasteiger partial charge in [0.2, 0.25) is 0 Å². The number of carbonyl (C=O) groups is 1. The highest BCUT2D eigenvalue weighted by atomic mass is 35.5. The van der Waals surface area contributed by atoms with Crippen LogP contribution in [0, 0.1) is 5.82 Å². The van der Waals surface area contributed by atoms with Crippen LogP contribution >= 0.6 is 24.0 Å². The van der Waals surface area contributed by atoms with E-state index in [1.165, 1.54) is 18.4 Å². The van der Waals surface area contributed by atoms with Gasteiger partial charge in [0.1, 0.15) is 5.82 Å². The van der Waals surface area contributed by atoms with Crippen molar-refractivity contribution in [1.82, 2.24) is 30.0 Å². The minimum atomic E-state index is -0.290. The summed E-state index contributed by atoms with van der Waals surface area (Å²) in [6.45, 7) is 2.75. The minimum absolute atomic E-state index is 0. The van der Waals surface area contributed by atoms with Crippen molar-refractivity contribution < 1.29 is 13.6 Å². The zero-order valence-corrected chi connectivity index (χ0v) is 20.2. The smallest absolute Gasteiger partial charge is 0.289 e. The number of amides is 1. The number of furan rings is 1. The van der Waals surface area contributed by atoms with E-state index in [1.54, 1.807) is 33.8 Å². The molecule has 35 heavy (non-hydrogen) atoms. The highest BCUT2D eigenvalue weighted by molar-refractivity contribution is 6.30. The van der Waals surface area contributed by atoms with Crippen molar-refractivity contribution in [1.29, 1.82) is 0 Å². The topological polar surface area (TPSA) is 80.3 Å². The van der Waals surface area contributed by atoms with E-state index in [2.05, 4.69) is 20.4 Å². The van der Waals surface area contributed by atoms with Crippen molar-refractivity contribution in [2.75, 3.05) is 26.2 Å². The summed E-state index contributed by atoms with van der Waals surface area (Å²) in [6.07, 6.45) is 1.50. The first-order chi connectivity index (χ1) is 16.6. The Morgan fingerprint density at radius 1 is 1.03 bits per heavy atom. The lowest BCUT2D eigenvalue weighted by atomic mass is 10.0. The second kappa shape index (κ2) is 11.0. The second-order valence-electron chi connectivity index (χ2n) is 8.08. The van der Waals surface area contributed by atoms with Gasteiger partial charge in [-0.05, 0) is 58.0 Å². The Labute approximate surface area is 212 Å². The zero-order chi connectivity index (χ0) is 23.5. The molecule has 0 radical (unpaired) electrons. The third kappa shape index (κ3) is 5.53. The van der Waals surface area contributed by atoms with E-state index in [0.717, 1.165) is 11.1 Å². The van der Waals surface area contributed by atoms with E-state index >= 15 is 0 Å². The minimum Gasteiger partial charge on any atom is -0.459 e. The molecule has 1 aliphatic rings. The quantitative estimate of drug-likeness (QED) is 0.384. The van der Waals surface area contributed by atoms with Crippen molar-refractivity contribution in [2.45, 2.75) is 12.6 Å².